The lowest BCUT2D eigenvalue weighted by atomic mass is 9.97. The highest BCUT2D eigenvalue weighted by atomic mass is 35.5. The van der Waals surface area contributed by atoms with Crippen LogP contribution in [0.5, 0.6) is 5.75 Å². The molecule has 0 radical (unpaired) electrons. The van der Waals surface area contributed by atoms with Gasteiger partial charge in [-0.1, -0.05) is 55.8 Å². The third kappa shape index (κ3) is 3.99. The maximum atomic E-state index is 6.18. The van der Waals surface area contributed by atoms with E-state index in [-0.39, 0.29) is 6.10 Å². The third-order valence-electron chi connectivity index (χ3n) is 3.79. The number of nitrogens with two attached hydrogens (primary N) is 1. The number of hydrogen-bond acceptors (Lipinski definition) is 2. The molecule has 0 bridgehead atoms. The fourth-order valence-corrected chi connectivity index (χ4v) is 2.42. The SMILES string of the molecule is CCC(C)c1ccccc1OC(CN)c1ccc(Cl)cc1. The average Bonchev–Trinajstić information content (AvgIpc) is 2.53. The Kier molecular flexibility index (Phi) is 5.66. The van der Waals surface area contributed by atoms with Crippen molar-refractivity contribution < 1.29 is 4.74 Å². The van der Waals surface area contributed by atoms with E-state index in [2.05, 4.69) is 19.9 Å². The highest BCUT2D eigenvalue weighted by molar-refractivity contribution is 6.30. The summed E-state index contributed by atoms with van der Waals surface area (Å²) in [6.45, 7) is 4.82. The Morgan fingerprint density at radius 3 is 2.38 bits per heavy atom. The van der Waals surface area contributed by atoms with Gasteiger partial charge in [-0.05, 0) is 41.7 Å². The van der Waals surface area contributed by atoms with Crippen LogP contribution in [0.4, 0.5) is 0 Å². The number of hydrogen-bond donors (Lipinski definition) is 1. The molecule has 3 heteroatoms. The monoisotopic (exact) mass is 303 g/mol. The maximum absolute atomic E-state index is 6.18. The van der Waals surface area contributed by atoms with Gasteiger partial charge < -0.3 is 10.5 Å². The van der Waals surface area contributed by atoms with Crippen molar-refractivity contribution in [3.8, 4) is 5.75 Å². The zero-order valence-electron chi connectivity index (χ0n) is 12.6. The zero-order chi connectivity index (χ0) is 15.2. The summed E-state index contributed by atoms with van der Waals surface area (Å²) in [4.78, 5) is 0. The Balaban J connectivity index is 2.24. The van der Waals surface area contributed by atoms with Crippen molar-refractivity contribution in [3.63, 3.8) is 0 Å². The Bertz CT molecular complexity index is 568. The van der Waals surface area contributed by atoms with Crippen molar-refractivity contribution in [1.29, 1.82) is 0 Å². The maximum Gasteiger partial charge on any atom is 0.136 e. The van der Waals surface area contributed by atoms with Gasteiger partial charge in [0.1, 0.15) is 11.9 Å². The first-order valence-corrected chi connectivity index (χ1v) is 7.74. The Hall–Kier alpha value is -1.51. The number of para-hydroxylation sites is 1. The van der Waals surface area contributed by atoms with Gasteiger partial charge >= 0.3 is 0 Å². The first kappa shape index (κ1) is 15.9. The minimum absolute atomic E-state index is 0.160. The molecule has 0 saturated heterocycles. The van der Waals surface area contributed by atoms with Crippen LogP contribution in [0, 0.1) is 0 Å². The summed E-state index contributed by atoms with van der Waals surface area (Å²) in [5, 5.41) is 0.717. The van der Waals surface area contributed by atoms with Crippen LogP contribution in [0.1, 0.15) is 43.4 Å². The molecule has 0 spiro atoms. The van der Waals surface area contributed by atoms with Crippen LogP contribution in [0.2, 0.25) is 5.02 Å². The average molecular weight is 304 g/mol. The second-order valence-electron chi connectivity index (χ2n) is 5.24. The number of halogens is 1. The van der Waals surface area contributed by atoms with Crippen molar-refractivity contribution in [1.82, 2.24) is 0 Å². The molecule has 2 nitrogen and oxygen atoms in total. The van der Waals surface area contributed by atoms with Gasteiger partial charge in [0.05, 0.1) is 0 Å². The lowest BCUT2D eigenvalue weighted by Gasteiger charge is -2.22. The van der Waals surface area contributed by atoms with E-state index in [0.717, 1.165) is 22.8 Å². The molecule has 2 N–H and O–H groups in total. The molecule has 2 rings (SSSR count). The molecule has 2 atom stereocenters. The zero-order valence-corrected chi connectivity index (χ0v) is 13.3. The van der Waals surface area contributed by atoms with Gasteiger partial charge in [-0.25, -0.2) is 0 Å². The summed E-state index contributed by atoms with van der Waals surface area (Å²) in [5.41, 5.74) is 8.16. The van der Waals surface area contributed by atoms with Crippen LogP contribution < -0.4 is 10.5 Å². The van der Waals surface area contributed by atoms with Crippen LogP contribution in [-0.4, -0.2) is 6.54 Å². The van der Waals surface area contributed by atoms with Crippen LogP contribution in [0.25, 0.3) is 0 Å². The topological polar surface area (TPSA) is 35.2 Å². The van der Waals surface area contributed by atoms with Crippen molar-refractivity contribution in [2.24, 2.45) is 5.73 Å². The summed E-state index contributed by atoms with van der Waals surface area (Å²) in [7, 11) is 0. The lowest BCUT2D eigenvalue weighted by molar-refractivity contribution is 0.211. The molecule has 0 aliphatic carbocycles. The van der Waals surface area contributed by atoms with E-state index in [1.807, 2.05) is 42.5 Å². The minimum atomic E-state index is -0.160. The van der Waals surface area contributed by atoms with Crippen molar-refractivity contribution in [3.05, 3.63) is 64.7 Å². The van der Waals surface area contributed by atoms with Crippen LogP contribution in [0.15, 0.2) is 48.5 Å². The molecule has 0 fully saturated rings. The number of rotatable bonds is 6. The highest BCUT2D eigenvalue weighted by Crippen LogP contribution is 2.31. The molecule has 0 aliphatic rings. The van der Waals surface area contributed by atoms with E-state index in [0.29, 0.717) is 12.5 Å². The summed E-state index contributed by atoms with van der Waals surface area (Å²) in [5.74, 6) is 1.38. The fourth-order valence-electron chi connectivity index (χ4n) is 2.30. The van der Waals surface area contributed by atoms with Crippen LogP contribution in [-0.2, 0) is 0 Å². The van der Waals surface area contributed by atoms with Gasteiger partial charge in [0, 0.05) is 11.6 Å². The van der Waals surface area contributed by atoms with Gasteiger partial charge in [-0.3, -0.25) is 0 Å². The molecule has 112 valence electrons. The molecule has 21 heavy (non-hydrogen) atoms. The van der Waals surface area contributed by atoms with Crippen LogP contribution >= 0.6 is 11.6 Å². The van der Waals surface area contributed by atoms with Crippen molar-refractivity contribution >= 4 is 11.6 Å². The molecule has 2 unspecified atom stereocenters. The van der Waals surface area contributed by atoms with E-state index < -0.39 is 0 Å². The number of ether oxygens (including phenoxy) is 1. The molecule has 2 aromatic carbocycles. The highest BCUT2D eigenvalue weighted by Gasteiger charge is 2.15. The largest absolute Gasteiger partial charge is 0.484 e. The molecular weight excluding hydrogens is 282 g/mol. The standard InChI is InChI=1S/C18H22ClNO/c1-3-13(2)16-6-4-5-7-17(16)21-18(12-20)14-8-10-15(19)11-9-14/h4-11,13,18H,3,12,20H2,1-2H3. The molecule has 0 amide bonds. The second kappa shape index (κ2) is 7.48. The fraction of sp³-hybridized carbons (Fsp3) is 0.333. The van der Waals surface area contributed by atoms with Gasteiger partial charge in [0.15, 0.2) is 0 Å². The summed E-state index contributed by atoms with van der Waals surface area (Å²) >= 11 is 5.93. The predicted molar refractivity (Wildman–Crippen MR) is 89.0 cm³/mol. The number of benzene rings is 2. The third-order valence-corrected chi connectivity index (χ3v) is 4.04. The molecule has 2 aromatic rings. The molecular formula is C18H22ClNO. The van der Waals surface area contributed by atoms with E-state index in [1.54, 1.807) is 0 Å². The lowest BCUT2D eigenvalue weighted by Crippen LogP contribution is -2.19. The summed E-state index contributed by atoms with van der Waals surface area (Å²) in [6, 6.07) is 15.8. The first-order valence-electron chi connectivity index (χ1n) is 7.36. The normalized spacial score (nSPS) is 13.7. The molecule has 0 aliphatic heterocycles. The summed E-state index contributed by atoms with van der Waals surface area (Å²) < 4.78 is 6.18. The van der Waals surface area contributed by atoms with E-state index in [9.17, 15) is 0 Å². The molecule has 0 saturated carbocycles. The predicted octanol–water partition coefficient (Wildman–Crippen LogP) is 4.93. The van der Waals surface area contributed by atoms with E-state index in [1.165, 1.54) is 5.56 Å². The smallest absolute Gasteiger partial charge is 0.136 e. The Morgan fingerprint density at radius 1 is 1.10 bits per heavy atom. The molecule has 0 aromatic heterocycles. The van der Waals surface area contributed by atoms with Gasteiger partial charge in [-0.2, -0.15) is 0 Å². The van der Waals surface area contributed by atoms with Gasteiger partial charge in [0.25, 0.3) is 0 Å². The minimum Gasteiger partial charge on any atom is -0.484 e. The summed E-state index contributed by atoms with van der Waals surface area (Å²) in [6.07, 6.45) is 0.918. The second-order valence-corrected chi connectivity index (χ2v) is 5.68. The van der Waals surface area contributed by atoms with Crippen molar-refractivity contribution in [2.75, 3.05) is 6.54 Å². The van der Waals surface area contributed by atoms with E-state index in [4.69, 9.17) is 22.1 Å². The Labute approximate surface area is 131 Å². The van der Waals surface area contributed by atoms with Gasteiger partial charge in [0.2, 0.25) is 0 Å². The first-order chi connectivity index (χ1) is 10.2. The van der Waals surface area contributed by atoms with Crippen molar-refractivity contribution in [2.45, 2.75) is 32.3 Å². The quantitative estimate of drug-likeness (QED) is 0.821. The molecule has 0 heterocycles. The Morgan fingerprint density at radius 2 is 1.76 bits per heavy atom. The van der Waals surface area contributed by atoms with E-state index >= 15 is 0 Å². The van der Waals surface area contributed by atoms with Crippen LogP contribution in [0.3, 0.4) is 0 Å². The van der Waals surface area contributed by atoms with Gasteiger partial charge in [-0.15, -0.1) is 0 Å².